The van der Waals surface area contributed by atoms with Crippen molar-refractivity contribution in [3.63, 3.8) is 0 Å². The van der Waals surface area contributed by atoms with Crippen LogP contribution in [0.2, 0.25) is 0 Å². The second-order valence-corrected chi connectivity index (χ2v) is 6.11. The molecule has 2 nitrogen and oxygen atoms in total. The van der Waals surface area contributed by atoms with Crippen LogP contribution in [0.4, 0.5) is 0 Å². The number of hydrogen-bond acceptors (Lipinski definition) is 1. The maximum Gasteiger partial charge on any atom is 0.312 e. The van der Waals surface area contributed by atoms with Gasteiger partial charge in [0, 0.05) is 5.25 Å². The first-order valence-corrected chi connectivity index (χ1v) is 7.62. The maximum absolute atomic E-state index is 10.9. The molecule has 1 N–H and O–H groups in total. The molecule has 0 radical (unpaired) electrons. The third-order valence-electron chi connectivity index (χ3n) is 2.85. The smallest absolute Gasteiger partial charge is 0.312 e. The van der Waals surface area contributed by atoms with Crippen molar-refractivity contribution in [2.24, 2.45) is 0 Å². The Labute approximate surface area is 115 Å². The zero-order chi connectivity index (χ0) is 13.7. The molecule has 0 saturated heterocycles. The predicted molar refractivity (Wildman–Crippen MR) is 81.9 cm³/mol. The average Bonchev–Trinajstić information content (AvgIpc) is 2.40. The molecule has 0 aromatic heterocycles. The van der Waals surface area contributed by atoms with Gasteiger partial charge < -0.3 is 5.11 Å². The molecule has 0 heterocycles. The lowest BCUT2D eigenvalue weighted by atomic mass is 10.0. The highest BCUT2D eigenvalue weighted by atomic mass is 32.2. The van der Waals surface area contributed by atoms with E-state index in [4.69, 9.17) is 5.11 Å². The molecule has 2 aromatic rings. The standard InChI is InChI=1S/C16H16O2S/c1-19(12-15(17)18)16(13-8-4-2-5-9-13)14-10-6-3-7-11-14/h2-11,16H,1,12H2,(H,17,18). The van der Waals surface area contributed by atoms with Gasteiger partial charge in [-0.1, -0.05) is 66.5 Å². The molecule has 0 saturated carbocycles. The van der Waals surface area contributed by atoms with Crippen molar-refractivity contribution in [2.75, 3.05) is 5.75 Å². The fraction of sp³-hybridized carbons (Fsp3) is 0.125. The summed E-state index contributed by atoms with van der Waals surface area (Å²) in [5.74, 6) is 3.37. The summed E-state index contributed by atoms with van der Waals surface area (Å²) in [6.07, 6.45) is 0. The van der Waals surface area contributed by atoms with E-state index in [0.717, 1.165) is 11.1 Å². The summed E-state index contributed by atoms with van der Waals surface area (Å²) in [6.45, 7) is 0. The molecule has 1 unspecified atom stereocenters. The van der Waals surface area contributed by atoms with Crippen molar-refractivity contribution in [2.45, 2.75) is 5.25 Å². The van der Waals surface area contributed by atoms with E-state index in [2.05, 4.69) is 5.87 Å². The van der Waals surface area contributed by atoms with Crippen LogP contribution in [-0.2, 0) is 4.79 Å². The Kier molecular flexibility index (Phi) is 4.53. The van der Waals surface area contributed by atoms with Crippen LogP contribution in [0.15, 0.2) is 60.7 Å². The molecule has 0 aliphatic rings. The lowest BCUT2D eigenvalue weighted by Gasteiger charge is -2.21. The molecular formula is C16H16O2S. The van der Waals surface area contributed by atoms with Crippen molar-refractivity contribution >= 4 is 22.3 Å². The number of rotatable bonds is 5. The van der Waals surface area contributed by atoms with Gasteiger partial charge in [0.1, 0.15) is 0 Å². The highest BCUT2D eigenvalue weighted by Gasteiger charge is 2.18. The van der Waals surface area contributed by atoms with E-state index in [1.54, 1.807) is 0 Å². The molecule has 0 amide bonds. The highest BCUT2D eigenvalue weighted by Crippen LogP contribution is 2.39. The molecule has 2 rings (SSSR count). The zero-order valence-corrected chi connectivity index (χ0v) is 11.3. The molecular weight excluding hydrogens is 256 g/mol. The number of carbonyl (C=O) groups is 1. The average molecular weight is 272 g/mol. The number of aliphatic carboxylic acids is 1. The monoisotopic (exact) mass is 272 g/mol. The Morgan fingerprint density at radius 1 is 1.00 bits per heavy atom. The Bertz CT molecular complexity index is 524. The van der Waals surface area contributed by atoms with Gasteiger partial charge in [-0.2, -0.15) is 10.5 Å². The lowest BCUT2D eigenvalue weighted by Crippen LogP contribution is -2.06. The number of benzene rings is 2. The van der Waals surface area contributed by atoms with Crippen LogP contribution in [-0.4, -0.2) is 22.7 Å². The summed E-state index contributed by atoms with van der Waals surface area (Å²) < 4.78 is 0. The van der Waals surface area contributed by atoms with Gasteiger partial charge in [-0.05, 0) is 11.1 Å². The largest absolute Gasteiger partial charge is 0.481 e. The van der Waals surface area contributed by atoms with Crippen molar-refractivity contribution in [1.82, 2.24) is 0 Å². The van der Waals surface area contributed by atoms with Gasteiger partial charge in [0.15, 0.2) is 0 Å². The Balaban J connectivity index is 2.40. The summed E-state index contributed by atoms with van der Waals surface area (Å²) in [5.41, 5.74) is 2.24. The van der Waals surface area contributed by atoms with E-state index in [0.29, 0.717) is 0 Å². The first kappa shape index (κ1) is 13.6. The molecule has 0 aliphatic carbocycles. The van der Waals surface area contributed by atoms with E-state index in [9.17, 15) is 4.79 Å². The molecule has 0 bridgehead atoms. The molecule has 98 valence electrons. The molecule has 2 aromatic carbocycles. The topological polar surface area (TPSA) is 37.3 Å². The van der Waals surface area contributed by atoms with Crippen LogP contribution in [0, 0.1) is 0 Å². The molecule has 0 aliphatic heterocycles. The molecule has 0 fully saturated rings. The summed E-state index contributed by atoms with van der Waals surface area (Å²) in [7, 11) is -0.489. The maximum atomic E-state index is 10.9. The van der Waals surface area contributed by atoms with Gasteiger partial charge in [-0.25, -0.2) is 0 Å². The summed E-state index contributed by atoms with van der Waals surface area (Å²) in [6, 6.07) is 20.0. The fourth-order valence-electron chi connectivity index (χ4n) is 2.07. The molecule has 0 spiro atoms. The summed E-state index contributed by atoms with van der Waals surface area (Å²) >= 11 is 0. The van der Waals surface area contributed by atoms with Gasteiger partial charge in [0.25, 0.3) is 0 Å². The first-order chi connectivity index (χ1) is 9.18. The van der Waals surface area contributed by atoms with E-state index < -0.39 is 16.5 Å². The molecule has 3 heteroatoms. The number of carboxylic acids is 1. The summed E-state index contributed by atoms with van der Waals surface area (Å²) in [4.78, 5) is 10.9. The van der Waals surface area contributed by atoms with E-state index >= 15 is 0 Å². The normalized spacial score (nSPS) is 12.3. The number of carboxylic acid groups (broad SMARTS) is 1. The Morgan fingerprint density at radius 2 is 1.42 bits per heavy atom. The third kappa shape index (κ3) is 3.55. The quantitative estimate of drug-likeness (QED) is 0.845. The van der Waals surface area contributed by atoms with Crippen molar-refractivity contribution in [1.29, 1.82) is 0 Å². The van der Waals surface area contributed by atoms with Gasteiger partial charge in [0.2, 0.25) is 0 Å². The van der Waals surface area contributed by atoms with Crippen molar-refractivity contribution in [3.8, 4) is 0 Å². The second-order valence-electron chi connectivity index (χ2n) is 4.28. The SMILES string of the molecule is C=S(CC(=O)O)C(c1ccccc1)c1ccccc1. The number of hydrogen-bond donors (Lipinski definition) is 1. The molecule has 19 heavy (non-hydrogen) atoms. The van der Waals surface area contributed by atoms with Crippen LogP contribution < -0.4 is 0 Å². The summed E-state index contributed by atoms with van der Waals surface area (Å²) in [5, 5.41) is 9.03. The Morgan fingerprint density at radius 3 is 1.79 bits per heavy atom. The van der Waals surface area contributed by atoms with Crippen LogP contribution in [0.3, 0.4) is 0 Å². The van der Waals surface area contributed by atoms with Gasteiger partial charge in [-0.3, -0.25) is 4.79 Å². The van der Waals surface area contributed by atoms with Gasteiger partial charge in [0.05, 0.1) is 5.75 Å². The minimum Gasteiger partial charge on any atom is -0.481 e. The third-order valence-corrected chi connectivity index (χ3v) is 4.68. The van der Waals surface area contributed by atoms with Crippen LogP contribution >= 0.6 is 10.5 Å². The second kappa shape index (κ2) is 6.34. The fourth-order valence-corrected chi connectivity index (χ4v) is 3.64. The minimum absolute atomic E-state index is 0.0403. The van der Waals surface area contributed by atoms with Crippen LogP contribution in [0.1, 0.15) is 16.4 Å². The van der Waals surface area contributed by atoms with Crippen LogP contribution in [0.5, 0.6) is 0 Å². The highest BCUT2D eigenvalue weighted by molar-refractivity contribution is 8.15. The first-order valence-electron chi connectivity index (χ1n) is 5.99. The van der Waals surface area contributed by atoms with Crippen LogP contribution in [0.25, 0.3) is 0 Å². The zero-order valence-electron chi connectivity index (χ0n) is 10.5. The van der Waals surface area contributed by atoms with Crippen molar-refractivity contribution in [3.05, 3.63) is 71.8 Å². The van der Waals surface area contributed by atoms with Crippen molar-refractivity contribution < 1.29 is 9.90 Å². The lowest BCUT2D eigenvalue weighted by molar-refractivity contribution is -0.133. The Hall–Kier alpha value is -1.87. The molecule has 1 atom stereocenters. The van der Waals surface area contributed by atoms with Gasteiger partial charge in [-0.15, -0.1) is 0 Å². The van der Waals surface area contributed by atoms with E-state index in [-0.39, 0.29) is 11.0 Å². The predicted octanol–water partition coefficient (Wildman–Crippen LogP) is 3.56. The van der Waals surface area contributed by atoms with E-state index in [1.807, 2.05) is 60.7 Å². The van der Waals surface area contributed by atoms with E-state index in [1.165, 1.54) is 0 Å². The minimum atomic E-state index is -0.796. The van der Waals surface area contributed by atoms with Gasteiger partial charge >= 0.3 is 5.97 Å².